The Kier molecular flexibility index (Phi) is 3.48. The largest absolute Gasteiger partial charge is 0.325 e. The first-order valence-corrected chi connectivity index (χ1v) is 5.22. The molecule has 0 heterocycles. The highest BCUT2D eigenvalue weighted by atomic mass is 16.2. The first-order valence-electron chi connectivity index (χ1n) is 5.22. The molecule has 0 aliphatic heterocycles. The van der Waals surface area contributed by atoms with Gasteiger partial charge < -0.3 is 5.32 Å². The van der Waals surface area contributed by atoms with Gasteiger partial charge in [0, 0.05) is 11.0 Å². The first kappa shape index (κ1) is 12.4. The molecule has 0 saturated heterocycles. The predicted molar refractivity (Wildman–Crippen MR) is 64.7 cm³/mol. The number of benzene rings is 1. The molecular formula is C13H17NO2. The number of aldehydes is 1. The summed E-state index contributed by atoms with van der Waals surface area (Å²) in [5.41, 5.74) is 1.51. The molecule has 0 bridgehead atoms. The highest BCUT2D eigenvalue weighted by molar-refractivity contribution is 5.99. The van der Waals surface area contributed by atoms with Crippen molar-refractivity contribution in [1.29, 1.82) is 0 Å². The van der Waals surface area contributed by atoms with E-state index in [1.807, 2.05) is 39.8 Å². The van der Waals surface area contributed by atoms with Crippen molar-refractivity contribution < 1.29 is 9.59 Å². The van der Waals surface area contributed by atoms with Gasteiger partial charge in [-0.2, -0.15) is 0 Å². The summed E-state index contributed by atoms with van der Waals surface area (Å²) < 4.78 is 0. The molecule has 0 aromatic heterocycles. The van der Waals surface area contributed by atoms with Crippen LogP contribution in [0.3, 0.4) is 0 Å². The zero-order valence-corrected chi connectivity index (χ0v) is 10.1. The summed E-state index contributed by atoms with van der Waals surface area (Å²) in [6.45, 7) is 7.34. The average Bonchev–Trinajstić information content (AvgIpc) is 2.16. The van der Waals surface area contributed by atoms with E-state index in [1.54, 1.807) is 6.07 Å². The molecule has 0 spiro atoms. The van der Waals surface area contributed by atoms with Crippen LogP contribution in [0.15, 0.2) is 18.2 Å². The van der Waals surface area contributed by atoms with Crippen LogP contribution in [0.5, 0.6) is 0 Å². The Hall–Kier alpha value is -1.64. The van der Waals surface area contributed by atoms with E-state index in [4.69, 9.17) is 0 Å². The van der Waals surface area contributed by atoms with E-state index in [0.29, 0.717) is 11.3 Å². The van der Waals surface area contributed by atoms with Crippen LogP contribution in [0.2, 0.25) is 0 Å². The second-order valence-electron chi connectivity index (χ2n) is 4.86. The molecule has 0 fully saturated rings. The number of amides is 1. The maximum absolute atomic E-state index is 11.8. The molecule has 86 valence electrons. The number of anilines is 1. The summed E-state index contributed by atoms with van der Waals surface area (Å²) in [7, 11) is 0. The van der Waals surface area contributed by atoms with Gasteiger partial charge in [-0.25, -0.2) is 0 Å². The summed E-state index contributed by atoms with van der Waals surface area (Å²) in [6.07, 6.45) is 0.771. The number of aryl methyl sites for hydroxylation is 1. The lowest BCUT2D eigenvalue weighted by Gasteiger charge is -2.18. The van der Waals surface area contributed by atoms with Crippen LogP contribution in [-0.4, -0.2) is 12.2 Å². The molecular weight excluding hydrogens is 202 g/mol. The van der Waals surface area contributed by atoms with E-state index >= 15 is 0 Å². The van der Waals surface area contributed by atoms with Crippen LogP contribution in [0.1, 0.15) is 36.7 Å². The molecule has 0 atom stereocenters. The Balaban J connectivity index is 3.03. The summed E-state index contributed by atoms with van der Waals surface area (Å²) >= 11 is 0. The summed E-state index contributed by atoms with van der Waals surface area (Å²) in [5, 5.41) is 2.77. The Labute approximate surface area is 95.9 Å². The zero-order valence-electron chi connectivity index (χ0n) is 10.1. The van der Waals surface area contributed by atoms with Crippen molar-refractivity contribution in [2.75, 3.05) is 5.32 Å². The minimum atomic E-state index is -0.468. The molecule has 0 unspecified atom stereocenters. The van der Waals surface area contributed by atoms with Crippen molar-refractivity contribution in [2.24, 2.45) is 5.41 Å². The Morgan fingerprint density at radius 2 is 1.94 bits per heavy atom. The Morgan fingerprint density at radius 3 is 2.44 bits per heavy atom. The fourth-order valence-electron chi connectivity index (χ4n) is 1.26. The van der Waals surface area contributed by atoms with Gasteiger partial charge in [-0.3, -0.25) is 9.59 Å². The van der Waals surface area contributed by atoms with Crippen molar-refractivity contribution in [3.05, 3.63) is 29.3 Å². The van der Waals surface area contributed by atoms with Crippen LogP contribution in [-0.2, 0) is 4.79 Å². The highest BCUT2D eigenvalue weighted by Gasteiger charge is 2.22. The molecule has 3 heteroatoms. The van der Waals surface area contributed by atoms with Gasteiger partial charge in [-0.15, -0.1) is 0 Å². The maximum Gasteiger partial charge on any atom is 0.229 e. The van der Waals surface area contributed by atoms with Crippen molar-refractivity contribution in [1.82, 2.24) is 0 Å². The van der Waals surface area contributed by atoms with Crippen molar-refractivity contribution in [2.45, 2.75) is 27.7 Å². The molecule has 1 rings (SSSR count). The minimum absolute atomic E-state index is 0.0961. The topological polar surface area (TPSA) is 46.2 Å². The molecule has 1 aromatic rings. The number of nitrogens with one attached hydrogen (secondary N) is 1. The Bertz CT molecular complexity index is 416. The molecule has 0 saturated carbocycles. The second kappa shape index (κ2) is 4.47. The SMILES string of the molecule is Cc1cccc(NC(=O)C(C)(C)C)c1C=O. The number of hydrogen-bond donors (Lipinski definition) is 1. The van der Waals surface area contributed by atoms with Gasteiger partial charge in [0.05, 0.1) is 5.69 Å². The van der Waals surface area contributed by atoms with Crippen LogP contribution >= 0.6 is 0 Å². The van der Waals surface area contributed by atoms with E-state index in [0.717, 1.165) is 11.8 Å². The van der Waals surface area contributed by atoms with Crippen molar-refractivity contribution in [3.8, 4) is 0 Å². The highest BCUT2D eigenvalue weighted by Crippen LogP contribution is 2.21. The van der Waals surface area contributed by atoms with Gasteiger partial charge in [-0.1, -0.05) is 32.9 Å². The molecule has 16 heavy (non-hydrogen) atoms. The lowest BCUT2D eigenvalue weighted by molar-refractivity contribution is -0.123. The van der Waals surface area contributed by atoms with Gasteiger partial charge in [-0.05, 0) is 18.6 Å². The summed E-state index contributed by atoms with van der Waals surface area (Å²) in [6, 6.07) is 5.40. The fourth-order valence-corrected chi connectivity index (χ4v) is 1.26. The van der Waals surface area contributed by atoms with Crippen LogP contribution in [0.4, 0.5) is 5.69 Å². The van der Waals surface area contributed by atoms with Crippen LogP contribution < -0.4 is 5.32 Å². The van der Waals surface area contributed by atoms with E-state index in [-0.39, 0.29) is 5.91 Å². The van der Waals surface area contributed by atoms with Crippen molar-refractivity contribution >= 4 is 17.9 Å². The maximum atomic E-state index is 11.8. The summed E-state index contributed by atoms with van der Waals surface area (Å²) in [4.78, 5) is 22.7. The third-order valence-electron chi connectivity index (χ3n) is 2.37. The number of rotatable bonds is 2. The molecule has 1 aromatic carbocycles. The first-order chi connectivity index (χ1) is 7.36. The van der Waals surface area contributed by atoms with Gasteiger partial charge in [0.1, 0.15) is 0 Å². The molecule has 1 amide bonds. The smallest absolute Gasteiger partial charge is 0.229 e. The van der Waals surface area contributed by atoms with Gasteiger partial charge >= 0.3 is 0 Å². The zero-order chi connectivity index (χ0) is 12.3. The monoisotopic (exact) mass is 219 g/mol. The Morgan fingerprint density at radius 1 is 1.31 bits per heavy atom. The van der Waals surface area contributed by atoms with Crippen molar-refractivity contribution in [3.63, 3.8) is 0 Å². The number of hydrogen-bond acceptors (Lipinski definition) is 2. The average molecular weight is 219 g/mol. The third kappa shape index (κ3) is 2.69. The molecule has 1 N–H and O–H groups in total. The van der Waals surface area contributed by atoms with Gasteiger partial charge in [0.15, 0.2) is 6.29 Å². The second-order valence-corrected chi connectivity index (χ2v) is 4.86. The summed E-state index contributed by atoms with van der Waals surface area (Å²) in [5.74, 6) is -0.0961. The number of carbonyl (C=O) groups is 2. The number of carbonyl (C=O) groups excluding carboxylic acids is 2. The van der Waals surface area contributed by atoms with Gasteiger partial charge in [0.2, 0.25) is 5.91 Å². The van der Waals surface area contributed by atoms with E-state index in [9.17, 15) is 9.59 Å². The lowest BCUT2D eigenvalue weighted by atomic mass is 9.95. The van der Waals surface area contributed by atoms with E-state index < -0.39 is 5.41 Å². The molecule has 3 nitrogen and oxygen atoms in total. The van der Waals surface area contributed by atoms with Crippen LogP contribution in [0, 0.1) is 12.3 Å². The predicted octanol–water partition coefficient (Wildman–Crippen LogP) is 2.79. The normalized spacial score (nSPS) is 11.0. The van der Waals surface area contributed by atoms with E-state index in [2.05, 4.69) is 5.32 Å². The molecule has 0 radical (unpaired) electrons. The quantitative estimate of drug-likeness (QED) is 0.777. The third-order valence-corrected chi connectivity index (χ3v) is 2.37. The lowest BCUT2D eigenvalue weighted by Crippen LogP contribution is -2.28. The minimum Gasteiger partial charge on any atom is -0.325 e. The van der Waals surface area contributed by atoms with E-state index in [1.165, 1.54) is 0 Å². The van der Waals surface area contributed by atoms with Crippen LogP contribution in [0.25, 0.3) is 0 Å². The fraction of sp³-hybridized carbons (Fsp3) is 0.385. The van der Waals surface area contributed by atoms with Gasteiger partial charge in [0.25, 0.3) is 0 Å². The standard InChI is InChI=1S/C13H17NO2/c1-9-6-5-7-11(10(9)8-15)14-12(16)13(2,3)4/h5-8H,1-4H3,(H,14,16). The molecule has 0 aliphatic rings. The molecule has 0 aliphatic carbocycles.